The van der Waals surface area contributed by atoms with E-state index in [1.54, 1.807) is 36.5 Å². The molecule has 0 spiro atoms. The van der Waals surface area contributed by atoms with Crippen molar-refractivity contribution in [3.05, 3.63) is 84.4 Å². The molecular formula is C21H17N3O3. The van der Waals surface area contributed by atoms with Crippen molar-refractivity contribution in [3.63, 3.8) is 0 Å². The minimum atomic E-state index is -0.112. The van der Waals surface area contributed by atoms with E-state index in [1.807, 2.05) is 48.5 Å². The molecule has 0 saturated carbocycles. The number of amides is 1. The summed E-state index contributed by atoms with van der Waals surface area (Å²) >= 11 is 0. The van der Waals surface area contributed by atoms with Gasteiger partial charge in [0.25, 0.3) is 5.91 Å². The third-order valence-corrected chi connectivity index (χ3v) is 4.14. The van der Waals surface area contributed by atoms with Crippen LogP contribution in [0, 0.1) is 0 Å². The standard InChI is InChI=1S/C21H17N3O3/c1-24(14-17-13-19(23-27-17)18-8-2-3-10-22-18)21(25)16-7-4-6-15(12-16)20-9-5-11-26-20/h2-13H,14H2,1H3. The van der Waals surface area contributed by atoms with Crippen LogP contribution >= 0.6 is 0 Å². The number of benzene rings is 1. The Bertz CT molecular complexity index is 1040. The molecular weight excluding hydrogens is 342 g/mol. The van der Waals surface area contributed by atoms with Crippen LogP contribution in [-0.2, 0) is 6.54 Å². The first-order chi connectivity index (χ1) is 13.2. The van der Waals surface area contributed by atoms with Gasteiger partial charge in [0.2, 0.25) is 0 Å². The number of carbonyl (C=O) groups excluding carboxylic acids is 1. The third-order valence-electron chi connectivity index (χ3n) is 4.14. The Kier molecular flexibility index (Phi) is 4.53. The van der Waals surface area contributed by atoms with Crippen LogP contribution in [0.1, 0.15) is 16.1 Å². The van der Waals surface area contributed by atoms with Gasteiger partial charge in [0.15, 0.2) is 5.76 Å². The highest BCUT2D eigenvalue weighted by Crippen LogP contribution is 2.22. The molecule has 0 bridgehead atoms. The maximum Gasteiger partial charge on any atom is 0.254 e. The summed E-state index contributed by atoms with van der Waals surface area (Å²) in [5.41, 5.74) is 2.81. The van der Waals surface area contributed by atoms with Crippen LogP contribution in [0.4, 0.5) is 0 Å². The molecule has 0 unspecified atom stereocenters. The monoisotopic (exact) mass is 359 g/mol. The summed E-state index contributed by atoms with van der Waals surface area (Å²) in [6.07, 6.45) is 3.31. The Labute approximate surface area is 156 Å². The molecule has 0 aliphatic rings. The first-order valence-corrected chi connectivity index (χ1v) is 8.47. The fourth-order valence-corrected chi connectivity index (χ4v) is 2.80. The zero-order valence-corrected chi connectivity index (χ0v) is 14.7. The average molecular weight is 359 g/mol. The Hall–Kier alpha value is -3.67. The number of rotatable bonds is 5. The van der Waals surface area contributed by atoms with Crippen LogP contribution in [-0.4, -0.2) is 28.0 Å². The van der Waals surface area contributed by atoms with Gasteiger partial charge in [-0.2, -0.15) is 0 Å². The van der Waals surface area contributed by atoms with E-state index in [0.717, 1.165) is 17.0 Å². The summed E-state index contributed by atoms with van der Waals surface area (Å²) in [5, 5.41) is 4.03. The van der Waals surface area contributed by atoms with E-state index in [0.29, 0.717) is 23.6 Å². The zero-order chi connectivity index (χ0) is 18.6. The van der Waals surface area contributed by atoms with Crippen molar-refractivity contribution in [2.45, 2.75) is 6.54 Å². The van der Waals surface area contributed by atoms with Crippen LogP contribution in [0.2, 0.25) is 0 Å². The van der Waals surface area contributed by atoms with Crippen molar-refractivity contribution < 1.29 is 13.7 Å². The highest BCUT2D eigenvalue weighted by molar-refractivity contribution is 5.95. The van der Waals surface area contributed by atoms with Crippen LogP contribution < -0.4 is 0 Å². The molecule has 4 rings (SSSR count). The molecule has 6 heteroatoms. The second kappa shape index (κ2) is 7.29. The molecule has 0 atom stereocenters. The van der Waals surface area contributed by atoms with E-state index < -0.39 is 0 Å². The highest BCUT2D eigenvalue weighted by Gasteiger charge is 2.16. The smallest absolute Gasteiger partial charge is 0.254 e. The number of nitrogens with zero attached hydrogens (tertiary/aromatic N) is 3. The minimum Gasteiger partial charge on any atom is -0.464 e. The van der Waals surface area contributed by atoms with E-state index in [-0.39, 0.29) is 5.91 Å². The molecule has 134 valence electrons. The Morgan fingerprint density at radius 3 is 2.74 bits per heavy atom. The van der Waals surface area contributed by atoms with Crippen molar-refractivity contribution in [3.8, 4) is 22.7 Å². The van der Waals surface area contributed by atoms with Crippen LogP contribution in [0.3, 0.4) is 0 Å². The van der Waals surface area contributed by atoms with Crippen molar-refractivity contribution in [1.82, 2.24) is 15.0 Å². The van der Waals surface area contributed by atoms with Gasteiger partial charge in [-0.05, 0) is 36.4 Å². The molecule has 1 amide bonds. The molecule has 1 aromatic carbocycles. The number of hydrogen-bond donors (Lipinski definition) is 0. The van der Waals surface area contributed by atoms with E-state index in [1.165, 1.54) is 0 Å². The molecule has 3 heterocycles. The number of carbonyl (C=O) groups is 1. The van der Waals surface area contributed by atoms with Crippen LogP contribution in [0.5, 0.6) is 0 Å². The largest absolute Gasteiger partial charge is 0.464 e. The van der Waals surface area contributed by atoms with Gasteiger partial charge in [0.05, 0.1) is 18.5 Å². The van der Waals surface area contributed by atoms with Crippen molar-refractivity contribution >= 4 is 5.91 Å². The molecule has 0 aliphatic heterocycles. The average Bonchev–Trinajstić information content (AvgIpc) is 3.40. The Balaban J connectivity index is 1.49. The maximum absolute atomic E-state index is 12.8. The second-order valence-electron chi connectivity index (χ2n) is 6.11. The molecule has 0 N–H and O–H groups in total. The maximum atomic E-state index is 12.8. The van der Waals surface area contributed by atoms with Gasteiger partial charge in [-0.3, -0.25) is 9.78 Å². The molecule has 3 aromatic heterocycles. The summed E-state index contributed by atoms with van der Waals surface area (Å²) in [7, 11) is 1.73. The van der Waals surface area contributed by atoms with Gasteiger partial charge in [-0.1, -0.05) is 23.4 Å². The van der Waals surface area contributed by atoms with Crippen molar-refractivity contribution in [2.75, 3.05) is 7.05 Å². The van der Waals surface area contributed by atoms with Crippen LogP contribution in [0.25, 0.3) is 22.7 Å². The molecule has 0 saturated heterocycles. The summed E-state index contributed by atoms with van der Waals surface area (Å²) in [4.78, 5) is 18.6. The summed E-state index contributed by atoms with van der Waals surface area (Å²) in [5.74, 6) is 1.20. The molecule has 0 fully saturated rings. The number of aromatic nitrogens is 2. The molecule has 6 nitrogen and oxygen atoms in total. The number of furan rings is 1. The van der Waals surface area contributed by atoms with Gasteiger partial charge in [0.1, 0.15) is 11.5 Å². The minimum absolute atomic E-state index is 0.112. The van der Waals surface area contributed by atoms with E-state index >= 15 is 0 Å². The first kappa shape index (κ1) is 16.8. The summed E-state index contributed by atoms with van der Waals surface area (Å²) < 4.78 is 10.8. The fraction of sp³-hybridized carbons (Fsp3) is 0.0952. The lowest BCUT2D eigenvalue weighted by Crippen LogP contribution is -2.26. The van der Waals surface area contributed by atoms with E-state index in [9.17, 15) is 4.79 Å². The molecule has 27 heavy (non-hydrogen) atoms. The van der Waals surface area contributed by atoms with E-state index in [2.05, 4.69) is 10.1 Å². The van der Waals surface area contributed by atoms with Gasteiger partial charge >= 0.3 is 0 Å². The van der Waals surface area contributed by atoms with E-state index in [4.69, 9.17) is 8.94 Å². The predicted octanol–water partition coefficient (Wildman–Crippen LogP) is 4.27. The van der Waals surface area contributed by atoms with Gasteiger partial charge in [0, 0.05) is 30.4 Å². The van der Waals surface area contributed by atoms with Gasteiger partial charge in [-0.25, -0.2) is 0 Å². The lowest BCUT2D eigenvalue weighted by Gasteiger charge is -2.15. The molecule has 0 aliphatic carbocycles. The summed E-state index contributed by atoms with van der Waals surface area (Å²) in [6, 6.07) is 18.4. The predicted molar refractivity (Wildman–Crippen MR) is 99.7 cm³/mol. The molecule has 4 aromatic rings. The lowest BCUT2D eigenvalue weighted by atomic mass is 10.1. The third kappa shape index (κ3) is 3.64. The fourth-order valence-electron chi connectivity index (χ4n) is 2.80. The first-order valence-electron chi connectivity index (χ1n) is 8.47. The number of pyridine rings is 1. The molecule has 0 radical (unpaired) electrons. The van der Waals surface area contributed by atoms with Gasteiger partial charge < -0.3 is 13.8 Å². The lowest BCUT2D eigenvalue weighted by molar-refractivity contribution is 0.0772. The SMILES string of the molecule is CN(Cc1cc(-c2ccccn2)no1)C(=O)c1cccc(-c2ccco2)c1. The van der Waals surface area contributed by atoms with Crippen LogP contribution in [0.15, 0.2) is 82.1 Å². The second-order valence-corrected chi connectivity index (χ2v) is 6.11. The quantitative estimate of drug-likeness (QED) is 0.532. The normalized spacial score (nSPS) is 10.7. The van der Waals surface area contributed by atoms with Crippen molar-refractivity contribution in [2.24, 2.45) is 0 Å². The summed E-state index contributed by atoms with van der Waals surface area (Å²) in [6.45, 7) is 0.309. The topological polar surface area (TPSA) is 72.4 Å². The van der Waals surface area contributed by atoms with Gasteiger partial charge in [-0.15, -0.1) is 0 Å². The van der Waals surface area contributed by atoms with Crippen molar-refractivity contribution in [1.29, 1.82) is 0 Å². The Morgan fingerprint density at radius 2 is 1.96 bits per heavy atom. The highest BCUT2D eigenvalue weighted by atomic mass is 16.5. The zero-order valence-electron chi connectivity index (χ0n) is 14.7. The Morgan fingerprint density at radius 1 is 1.04 bits per heavy atom. The number of hydrogen-bond acceptors (Lipinski definition) is 5.